The van der Waals surface area contributed by atoms with E-state index in [0.29, 0.717) is 0 Å². The third-order valence-electron chi connectivity index (χ3n) is 3.18. The fraction of sp³-hybridized carbons (Fsp3) is 0.235. The molecule has 0 saturated carbocycles. The molecule has 0 spiro atoms. The number of aryl methyl sites for hydroxylation is 2. The van der Waals surface area contributed by atoms with Gasteiger partial charge in [0.1, 0.15) is 0 Å². The van der Waals surface area contributed by atoms with E-state index in [1.54, 1.807) is 0 Å². The molecule has 3 heteroatoms. The van der Waals surface area contributed by atoms with Gasteiger partial charge < -0.3 is 10.6 Å². The SMILES string of the molecule is CCc1ccccc1NC(=O)CNc1ccc(C)cc1. The Hall–Kier alpha value is -2.29. The van der Waals surface area contributed by atoms with Gasteiger partial charge in [0.2, 0.25) is 5.91 Å². The van der Waals surface area contributed by atoms with Gasteiger partial charge in [-0.25, -0.2) is 0 Å². The van der Waals surface area contributed by atoms with Gasteiger partial charge in [0.25, 0.3) is 0 Å². The number of benzene rings is 2. The second kappa shape index (κ2) is 6.75. The van der Waals surface area contributed by atoms with E-state index in [1.807, 2.05) is 55.5 Å². The van der Waals surface area contributed by atoms with E-state index in [-0.39, 0.29) is 12.5 Å². The minimum atomic E-state index is -0.0357. The quantitative estimate of drug-likeness (QED) is 0.869. The Morgan fingerprint density at radius 1 is 1.05 bits per heavy atom. The number of anilines is 2. The highest BCUT2D eigenvalue weighted by Crippen LogP contribution is 2.15. The molecule has 0 fully saturated rings. The van der Waals surface area contributed by atoms with Crippen molar-refractivity contribution < 1.29 is 4.79 Å². The molecule has 0 atom stereocenters. The Bertz CT molecular complexity index is 576. The van der Waals surface area contributed by atoms with Crippen molar-refractivity contribution in [2.75, 3.05) is 17.2 Å². The summed E-state index contributed by atoms with van der Waals surface area (Å²) in [6.45, 7) is 4.38. The lowest BCUT2D eigenvalue weighted by molar-refractivity contribution is -0.114. The van der Waals surface area contributed by atoms with Crippen LogP contribution in [0.3, 0.4) is 0 Å². The van der Waals surface area contributed by atoms with Gasteiger partial charge in [0.05, 0.1) is 6.54 Å². The summed E-state index contributed by atoms with van der Waals surface area (Å²) < 4.78 is 0. The molecule has 2 aromatic rings. The molecule has 0 aromatic heterocycles. The largest absolute Gasteiger partial charge is 0.376 e. The van der Waals surface area contributed by atoms with Crippen LogP contribution in [0.1, 0.15) is 18.1 Å². The van der Waals surface area contributed by atoms with E-state index in [0.717, 1.165) is 23.4 Å². The number of carbonyl (C=O) groups excluding carboxylic acids is 1. The van der Waals surface area contributed by atoms with Gasteiger partial charge in [-0.05, 0) is 37.1 Å². The average Bonchev–Trinajstić information content (AvgIpc) is 2.47. The van der Waals surface area contributed by atoms with Crippen LogP contribution in [-0.4, -0.2) is 12.5 Å². The van der Waals surface area contributed by atoms with Crippen LogP contribution in [0.25, 0.3) is 0 Å². The van der Waals surface area contributed by atoms with Crippen molar-refractivity contribution in [3.63, 3.8) is 0 Å². The Morgan fingerprint density at radius 3 is 2.45 bits per heavy atom. The maximum absolute atomic E-state index is 11.9. The van der Waals surface area contributed by atoms with Gasteiger partial charge in [-0.15, -0.1) is 0 Å². The standard InChI is InChI=1S/C17H20N2O/c1-3-14-6-4-5-7-16(14)19-17(20)12-18-15-10-8-13(2)9-11-15/h4-11,18H,3,12H2,1-2H3,(H,19,20). The maximum Gasteiger partial charge on any atom is 0.243 e. The van der Waals surface area contributed by atoms with Gasteiger partial charge in [0.15, 0.2) is 0 Å². The summed E-state index contributed by atoms with van der Waals surface area (Å²) in [6, 6.07) is 15.9. The van der Waals surface area contributed by atoms with Gasteiger partial charge in [-0.3, -0.25) is 4.79 Å². The van der Waals surface area contributed by atoms with E-state index in [1.165, 1.54) is 5.56 Å². The molecule has 20 heavy (non-hydrogen) atoms. The molecule has 0 unspecified atom stereocenters. The second-order valence-electron chi connectivity index (χ2n) is 4.78. The Kier molecular flexibility index (Phi) is 4.77. The molecule has 0 aliphatic carbocycles. The second-order valence-corrected chi connectivity index (χ2v) is 4.78. The van der Waals surface area contributed by atoms with Crippen LogP contribution in [-0.2, 0) is 11.2 Å². The van der Waals surface area contributed by atoms with Crippen LogP contribution >= 0.6 is 0 Å². The van der Waals surface area contributed by atoms with Crippen LogP contribution < -0.4 is 10.6 Å². The predicted octanol–water partition coefficient (Wildman–Crippen LogP) is 3.61. The molecule has 1 amide bonds. The van der Waals surface area contributed by atoms with Gasteiger partial charge in [0, 0.05) is 11.4 Å². The summed E-state index contributed by atoms with van der Waals surface area (Å²) in [4.78, 5) is 11.9. The molecule has 0 radical (unpaired) electrons. The minimum absolute atomic E-state index is 0.0357. The van der Waals surface area contributed by atoms with Crippen molar-refractivity contribution in [3.05, 3.63) is 59.7 Å². The Labute approximate surface area is 120 Å². The number of carbonyl (C=O) groups is 1. The van der Waals surface area contributed by atoms with Crippen molar-refractivity contribution in [3.8, 4) is 0 Å². The molecule has 2 rings (SSSR count). The number of amides is 1. The third kappa shape index (κ3) is 3.85. The maximum atomic E-state index is 11.9. The van der Waals surface area contributed by atoms with Crippen LogP contribution in [0.4, 0.5) is 11.4 Å². The van der Waals surface area contributed by atoms with E-state index < -0.39 is 0 Å². The Morgan fingerprint density at radius 2 is 1.75 bits per heavy atom. The molecule has 104 valence electrons. The lowest BCUT2D eigenvalue weighted by Crippen LogP contribution is -2.22. The third-order valence-corrected chi connectivity index (χ3v) is 3.18. The smallest absolute Gasteiger partial charge is 0.243 e. The molecule has 0 aliphatic heterocycles. The fourth-order valence-corrected chi connectivity index (χ4v) is 2.00. The van der Waals surface area contributed by atoms with Crippen molar-refractivity contribution in [1.82, 2.24) is 0 Å². The van der Waals surface area contributed by atoms with Crippen molar-refractivity contribution in [2.45, 2.75) is 20.3 Å². The predicted molar refractivity (Wildman–Crippen MR) is 84.1 cm³/mol. The molecule has 0 bridgehead atoms. The summed E-state index contributed by atoms with van der Waals surface area (Å²) in [7, 11) is 0. The van der Waals surface area contributed by atoms with Crippen molar-refractivity contribution in [2.24, 2.45) is 0 Å². The topological polar surface area (TPSA) is 41.1 Å². The molecule has 2 aromatic carbocycles. The molecule has 0 aliphatic rings. The number of nitrogens with one attached hydrogen (secondary N) is 2. The first-order valence-corrected chi connectivity index (χ1v) is 6.87. The van der Waals surface area contributed by atoms with E-state index in [9.17, 15) is 4.79 Å². The Balaban J connectivity index is 1.91. The molecular weight excluding hydrogens is 248 g/mol. The van der Waals surface area contributed by atoms with E-state index in [4.69, 9.17) is 0 Å². The van der Waals surface area contributed by atoms with Gasteiger partial charge >= 0.3 is 0 Å². The summed E-state index contributed by atoms with van der Waals surface area (Å²) in [6.07, 6.45) is 0.905. The van der Waals surface area contributed by atoms with E-state index in [2.05, 4.69) is 17.6 Å². The van der Waals surface area contributed by atoms with Crippen LogP contribution in [0, 0.1) is 6.92 Å². The minimum Gasteiger partial charge on any atom is -0.376 e. The van der Waals surface area contributed by atoms with Crippen molar-refractivity contribution in [1.29, 1.82) is 0 Å². The number of hydrogen-bond donors (Lipinski definition) is 2. The zero-order chi connectivity index (χ0) is 14.4. The number of hydrogen-bond acceptors (Lipinski definition) is 2. The summed E-state index contributed by atoms with van der Waals surface area (Å²) >= 11 is 0. The lowest BCUT2D eigenvalue weighted by atomic mass is 10.1. The van der Waals surface area contributed by atoms with Crippen LogP contribution in [0.15, 0.2) is 48.5 Å². The summed E-state index contributed by atoms with van der Waals surface area (Å²) in [5.41, 5.74) is 4.20. The van der Waals surface area contributed by atoms with Crippen LogP contribution in [0.5, 0.6) is 0 Å². The summed E-state index contributed by atoms with van der Waals surface area (Å²) in [5, 5.41) is 6.06. The first-order chi connectivity index (χ1) is 9.69. The first kappa shape index (κ1) is 14.1. The van der Waals surface area contributed by atoms with Crippen LogP contribution in [0.2, 0.25) is 0 Å². The molecule has 0 saturated heterocycles. The number of rotatable bonds is 5. The number of para-hydroxylation sites is 1. The zero-order valence-electron chi connectivity index (χ0n) is 11.9. The molecular formula is C17H20N2O. The first-order valence-electron chi connectivity index (χ1n) is 6.87. The average molecular weight is 268 g/mol. The highest BCUT2D eigenvalue weighted by Gasteiger charge is 2.05. The molecule has 3 nitrogen and oxygen atoms in total. The monoisotopic (exact) mass is 268 g/mol. The highest BCUT2D eigenvalue weighted by molar-refractivity contribution is 5.94. The van der Waals surface area contributed by atoms with Gasteiger partial charge in [-0.1, -0.05) is 42.8 Å². The van der Waals surface area contributed by atoms with E-state index >= 15 is 0 Å². The fourth-order valence-electron chi connectivity index (χ4n) is 2.00. The lowest BCUT2D eigenvalue weighted by Gasteiger charge is -2.11. The summed E-state index contributed by atoms with van der Waals surface area (Å²) in [5.74, 6) is -0.0357. The molecule has 2 N–H and O–H groups in total. The van der Waals surface area contributed by atoms with Gasteiger partial charge in [-0.2, -0.15) is 0 Å². The molecule has 0 heterocycles. The normalized spacial score (nSPS) is 10.1. The highest BCUT2D eigenvalue weighted by atomic mass is 16.1. The van der Waals surface area contributed by atoms with Crippen molar-refractivity contribution >= 4 is 17.3 Å². The zero-order valence-corrected chi connectivity index (χ0v) is 11.9.